The van der Waals surface area contributed by atoms with E-state index in [0.717, 1.165) is 11.1 Å². The first-order valence-corrected chi connectivity index (χ1v) is 9.97. The van der Waals surface area contributed by atoms with Gasteiger partial charge in [-0.1, -0.05) is 72.4 Å². The van der Waals surface area contributed by atoms with E-state index in [-0.39, 0.29) is 11.9 Å². The summed E-state index contributed by atoms with van der Waals surface area (Å²) in [5, 5.41) is 2.07. The van der Waals surface area contributed by atoms with Gasteiger partial charge in [0.1, 0.15) is 0 Å². The average molecular weight is 393 g/mol. The zero-order chi connectivity index (χ0) is 19.5. The molecular formula is C20H19N5O2S. The third kappa shape index (κ3) is 1.91. The number of fused-ring (bicyclic) bond motifs is 2. The standard InChI is InChI=1S/C20H19N5O2S/c1-23-18(27)24(2)20(15-11-7-4-8-12-15)19(23,14-9-5-3-6-10-14)21-17-25(22-20)16(26)13-28-17/h3-12,22H,13H2,1-2H3/t19-,20-/m0/s1. The molecule has 0 saturated carbocycles. The number of benzene rings is 2. The maximum absolute atomic E-state index is 13.3. The number of nitrogens with one attached hydrogen (secondary N) is 1. The molecule has 0 aliphatic carbocycles. The lowest BCUT2D eigenvalue weighted by atomic mass is 9.80. The van der Waals surface area contributed by atoms with E-state index in [9.17, 15) is 9.59 Å². The second-order valence-electron chi connectivity index (χ2n) is 7.04. The minimum Gasteiger partial charge on any atom is -0.299 e. The van der Waals surface area contributed by atoms with Gasteiger partial charge in [-0.3, -0.25) is 14.6 Å². The Hall–Kier alpha value is -2.84. The molecule has 5 rings (SSSR count). The number of hydrazine groups is 1. The van der Waals surface area contributed by atoms with Gasteiger partial charge < -0.3 is 0 Å². The maximum atomic E-state index is 13.3. The van der Waals surface area contributed by atoms with Gasteiger partial charge in [-0.2, -0.15) is 5.43 Å². The fourth-order valence-corrected chi connectivity index (χ4v) is 5.28. The number of carbonyl (C=O) groups is 2. The summed E-state index contributed by atoms with van der Waals surface area (Å²) < 4.78 is 0. The van der Waals surface area contributed by atoms with Gasteiger partial charge in [0, 0.05) is 19.7 Å². The van der Waals surface area contributed by atoms with Crippen LogP contribution >= 0.6 is 11.8 Å². The molecule has 0 spiro atoms. The molecule has 2 fully saturated rings. The number of nitrogens with zero attached hydrogens (tertiary/aromatic N) is 4. The molecule has 3 aliphatic rings. The maximum Gasteiger partial charge on any atom is 0.323 e. The Kier molecular flexibility index (Phi) is 3.59. The van der Waals surface area contributed by atoms with E-state index in [0.29, 0.717) is 10.9 Å². The molecule has 0 bridgehead atoms. The van der Waals surface area contributed by atoms with Crippen LogP contribution in [-0.4, -0.2) is 51.8 Å². The van der Waals surface area contributed by atoms with Crippen molar-refractivity contribution in [3.05, 3.63) is 71.8 Å². The zero-order valence-electron chi connectivity index (χ0n) is 15.5. The molecule has 0 radical (unpaired) electrons. The Morgan fingerprint density at radius 3 is 2.18 bits per heavy atom. The lowest BCUT2D eigenvalue weighted by Crippen LogP contribution is -2.71. The van der Waals surface area contributed by atoms with Gasteiger partial charge in [-0.15, -0.1) is 0 Å². The molecular weight excluding hydrogens is 374 g/mol. The van der Waals surface area contributed by atoms with Crippen LogP contribution in [0.2, 0.25) is 0 Å². The number of hydrogen-bond donors (Lipinski definition) is 1. The van der Waals surface area contributed by atoms with Gasteiger partial charge in [0.15, 0.2) is 10.8 Å². The van der Waals surface area contributed by atoms with Crippen LogP contribution in [0.1, 0.15) is 11.1 Å². The number of thioether (sulfide) groups is 1. The number of hydrogen-bond acceptors (Lipinski definition) is 5. The van der Waals surface area contributed by atoms with Crippen molar-refractivity contribution in [2.24, 2.45) is 4.99 Å². The van der Waals surface area contributed by atoms with E-state index >= 15 is 0 Å². The molecule has 28 heavy (non-hydrogen) atoms. The van der Waals surface area contributed by atoms with Crippen molar-refractivity contribution in [1.29, 1.82) is 0 Å². The van der Waals surface area contributed by atoms with Gasteiger partial charge in [0.25, 0.3) is 5.91 Å². The molecule has 8 heteroatoms. The van der Waals surface area contributed by atoms with Crippen molar-refractivity contribution in [3.8, 4) is 0 Å². The van der Waals surface area contributed by atoms with Crippen LogP contribution in [0, 0.1) is 0 Å². The summed E-state index contributed by atoms with van der Waals surface area (Å²) in [4.78, 5) is 34.2. The Bertz CT molecular complexity index is 998. The Balaban J connectivity index is 1.89. The molecule has 2 saturated heterocycles. The van der Waals surface area contributed by atoms with Gasteiger partial charge in [0.2, 0.25) is 5.66 Å². The number of amidine groups is 1. The third-order valence-corrected chi connectivity index (χ3v) is 6.65. The van der Waals surface area contributed by atoms with Crippen molar-refractivity contribution in [3.63, 3.8) is 0 Å². The number of aliphatic imine (C=N–C) groups is 1. The molecule has 2 atom stereocenters. The predicted molar refractivity (Wildman–Crippen MR) is 107 cm³/mol. The van der Waals surface area contributed by atoms with Gasteiger partial charge in [0.05, 0.1) is 5.75 Å². The first-order chi connectivity index (χ1) is 13.5. The lowest BCUT2D eigenvalue weighted by molar-refractivity contribution is -0.133. The summed E-state index contributed by atoms with van der Waals surface area (Å²) in [6, 6.07) is 19.3. The summed E-state index contributed by atoms with van der Waals surface area (Å²) in [5.41, 5.74) is 2.99. The van der Waals surface area contributed by atoms with E-state index in [1.165, 1.54) is 16.8 Å². The summed E-state index contributed by atoms with van der Waals surface area (Å²) in [6.07, 6.45) is 0. The first-order valence-electron chi connectivity index (χ1n) is 8.98. The Morgan fingerprint density at radius 2 is 1.54 bits per heavy atom. The highest BCUT2D eigenvalue weighted by Crippen LogP contribution is 2.55. The van der Waals surface area contributed by atoms with Crippen LogP contribution in [-0.2, 0) is 16.1 Å². The lowest BCUT2D eigenvalue weighted by Gasteiger charge is -2.51. The molecule has 3 heterocycles. The average Bonchev–Trinajstić information content (AvgIpc) is 3.18. The normalized spacial score (nSPS) is 29.1. The fraction of sp³-hybridized carbons (Fsp3) is 0.250. The topological polar surface area (TPSA) is 68.2 Å². The molecule has 3 aliphatic heterocycles. The summed E-state index contributed by atoms with van der Waals surface area (Å²) >= 11 is 1.38. The fourth-order valence-electron chi connectivity index (χ4n) is 4.42. The zero-order valence-corrected chi connectivity index (χ0v) is 16.3. The number of carbonyl (C=O) groups excluding carboxylic acids is 2. The highest BCUT2D eigenvalue weighted by atomic mass is 32.2. The quantitative estimate of drug-likeness (QED) is 0.849. The monoisotopic (exact) mass is 393 g/mol. The van der Waals surface area contributed by atoms with E-state index < -0.39 is 11.3 Å². The molecule has 0 unspecified atom stereocenters. The van der Waals surface area contributed by atoms with E-state index in [2.05, 4.69) is 5.43 Å². The first kappa shape index (κ1) is 17.3. The highest BCUT2D eigenvalue weighted by Gasteiger charge is 2.70. The van der Waals surface area contributed by atoms with E-state index in [1.807, 2.05) is 60.7 Å². The minimum absolute atomic E-state index is 0.0730. The van der Waals surface area contributed by atoms with Crippen LogP contribution in [0.5, 0.6) is 0 Å². The SMILES string of the molecule is CN1C(=O)N(C)[C@]2(c3ccccc3)NN3C(=O)CSC3=N[C@@]12c1ccccc1. The van der Waals surface area contributed by atoms with Crippen LogP contribution in [0.4, 0.5) is 4.79 Å². The summed E-state index contributed by atoms with van der Waals surface area (Å²) in [5.74, 6) is 0.249. The van der Waals surface area contributed by atoms with E-state index in [1.54, 1.807) is 23.9 Å². The highest BCUT2D eigenvalue weighted by molar-refractivity contribution is 8.15. The second-order valence-corrected chi connectivity index (χ2v) is 7.98. The van der Waals surface area contributed by atoms with Crippen LogP contribution in [0.15, 0.2) is 65.7 Å². The van der Waals surface area contributed by atoms with Gasteiger partial charge in [-0.25, -0.2) is 14.8 Å². The number of rotatable bonds is 2. The van der Waals surface area contributed by atoms with Gasteiger partial charge >= 0.3 is 6.03 Å². The van der Waals surface area contributed by atoms with Crippen molar-refractivity contribution < 1.29 is 9.59 Å². The largest absolute Gasteiger partial charge is 0.323 e. The molecule has 2 aromatic rings. The number of urea groups is 1. The van der Waals surface area contributed by atoms with Crippen molar-refractivity contribution in [2.75, 3.05) is 19.8 Å². The van der Waals surface area contributed by atoms with Crippen LogP contribution in [0.3, 0.4) is 0 Å². The molecule has 3 amide bonds. The minimum atomic E-state index is -1.08. The van der Waals surface area contributed by atoms with Crippen molar-refractivity contribution in [1.82, 2.24) is 20.2 Å². The summed E-state index contributed by atoms with van der Waals surface area (Å²) in [7, 11) is 3.51. The van der Waals surface area contributed by atoms with Crippen molar-refractivity contribution >= 4 is 28.9 Å². The van der Waals surface area contributed by atoms with Crippen LogP contribution < -0.4 is 5.43 Å². The van der Waals surface area contributed by atoms with E-state index in [4.69, 9.17) is 4.99 Å². The molecule has 142 valence electrons. The second kappa shape index (κ2) is 5.83. The molecule has 0 aromatic heterocycles. The number of likely N-dealkylation sites (N-methyl/N-ethyl adjacent to an activating group) is 2. The summed E-state index contributed by atoms with van der Waals surface area (Å²) in [6.45, 7) is 0. The van der Waals surface area contributed by atoms with Crippen molar-refractivity contribution in [2.45, 2.75) is 11.3 Å². The molecule has 7 nitrogen and oxygen atoms in total. The Morgan fingerprint density at radius 1 is 0.929 bits per heavy atom. The Labute approximate surface area is 167 Å². The van der Waals surface area contributed by atoms with Gasteiger partial charge in [-0.05, 0) is 5.56 Å². The third-order valence-electron chi connectivity index (χ3n) is 5.73. The smallest absolute Gasteiger partial charge is 0.299 e. The van der Waals surface area contributed by atoms with Crippen LogP contribution in [0.25, 0.3) is 0 Å². The molecule has 2 aromatic carbocycles. The number of amides is 3. The predicted octanol–water partition coefficient (Wildman–Crippen LogP) is 2.14. The molecule has 1 N–H and O–H groups in total.